The van der Waals surface area contributed by atoms with E-state index < -0.39 is 0 Å². The van der Waals surface area contributed by atoms with Crippen molar-refractivity contribution in [3.8, 4) is 0 Å². The van der Waals surface area contributed by atoms with Crippen molar-refractivity contribution in [2.24, 2.45) is 17.6 Å². The van der Waals surface area contributed by atoms with Crippen LogP contribution in [0.5, 0.6) is 0 Å². The van der Waals surface area contributed by atoms with Crippen LogP contribution < -0.4 is 11.1 Å². The number of rotatable bonds is 5. The molecule has 0 aromatic rings. The van der Waals surface area contributed by atoms with Crippen molar-refractivity contribution in [3.05, 3.63) is 0 Å². The van der Waals surface area contributed by atoms with E-state index in [0.29, 0.717) is 12.5 Å². The van der Waals surface area contributed by atoms with Gasteiger partial charge in [-0.05, 0) is 25.8 Å². The highest BCUT2D eigenvalue weighted by atomic mass is 16.1. The van der Waals surface area contributed by atoms with E-state index in [9.17, 15) is 4.79 Å². The highest BCUT2D eigenvalue weighted by Gasteiger charge is 2.16. The normalized spacial score (nSPS) is 17.6. The van der Waals surface area contributed by atoms with E-state index >= 15 is 0 Å². The largest absolute Gasteiger partial charge is 0.353 e. The maximum atomic E-state index is 11.5. The molecule has 13 heavy (non-hydrogen) atoms. The van der Waals surface area contributed by atoms with Crippen LogP contribution in [-0.4, -0.2) is 18.5 Å². The van der Waals surface area contributed by atoms with Crippen LogP contribution in [0.4, 0.5) is 0 Å². The predicted octanol–water partition coefficient (Wildman–Crippen LogP) is 1.13. The molecule has 0 fully saturated rings. The minimum Gasteiger partial charge on any atom is -0.353 e. The van der Waals surface area contributed by atoms with Crippen LogP contribution in [0.2, 0.25) is 0 Å². The van der Waals surface area contributed by atoms with Crippen molar-refractivity contribution in [3.63, 3.8) is 0 Å². The van der Waals surface area contributed by atoms with Gasteiger partial charge in [0.05, 0.1) is 0 Å². The molecular weight excluding hydrogens is 164 g/mol. The second-order valence-electron chi connectivity index (χ2n) is 3.82. The first-order valence-electron chi connectivity index (χ1n) is 5.03. The first-order valence-corrected chi connectivity index (χ1v) is 5.03. The molecule has 0 heterocycles. The van der Waals surface area contributed by atoms with E-state index in [1.807, 2.05) is 27.7 Å². The molecule has 3 atom stereocenters. The standard InChI is InChI=1S/C10H22N2O/c1-5-7(2)10(13)12-9(4)8(3)6-11/h7-9H,5-6,11H2,1-4H3,(H,12,13). The molecular formula is C10H22N2O. The number of nitrogens with one attached hydrogen (secondary N) is 1. The van der Waals surface area contributed by atoms with Gasteiger partial charge in [-0.3, -0.25) is 4.79 Å². The third-order valence-electron chi connectivity index (χ3n) is 2.66. The van der Waals surface area contributed by atoms with Crippen molar-refractivity contribution < 1.29 is 4.79 Å². The van der Waals surface area contributed by atoms with Gasteiger partial charge >= 0.3 is 0 Å². The molecule has 0 aliphatic rings. The molecule has 3 heteroatoms. The van der Waals surface area contributed by atoms with Gasteiger partial charge in [-0.15, -0.1) is 0 Å². The molecule has 78 valence electrons. The van der Waals surface area contributed by atoms with E-state index in [1.54, 1.807) is 0 Å². The van der Waals surface area contributed by atoms with Gasteiger partial charge in [-0.2, -0.15) is 0 Å². The fourth-order valence-corrected chi connectivity index (χ4v) is 0.898. The summed E-state index contributed by atoms with van der Waals surface area (Å²) >= 11 is 0. The summed E-state index contributed by atoms with van der Waals surface area (Å²) in [5, 5.41) is 2.96. The van der Waals surface area contributed by atoms with Crippen molar-refractivity contribution >= 4 is 5.91 Å². The van der Waals surface area contributed by atoms with Gasteiger partial charge in [-0.1, -0.05) is 20.8 Å². The Labute approximate surface area is 81.1 Å². The summed E-state index contributed by atoms with van der Waals surface area (Å²) in [5.41, 5.74) is 5.51. The van der Waals surface area contributed by atoms with Crippen molar-refractivity contribution in [2.75, 3.05) is 6.54 Å². The molecule has 0 bridgehead atoms. The molecule has 0 saturated heterocycles. The Kier molecular flexibility index (Phi) is 5.71. The maximum Gasteiger partial charge on any atom is 0.223 e. The zero-order chi connectivity index (χ0) is 10.4. The van der Waals surface area contributed by atoms with Gasteiger partial charge in [0.15, 0.2) is 0 Å². The minimum absolute atomic E-state index is 0.104. The quantitative estimate of drug-likeness (QED) is 0.676. The summed E-state index contributed by atoms with van der Waals surface area (Å²) in [6.45, 7) is 8.61. The Hall–Kier alpha value is -0.570. The number of hydrogen-bond acceptors (Lipinski definition) is 2. The van der Waals surface area contributed by atoms with Crippen molar-refractivity contribution in [1.82, 2.24) is 5.32 Å². The van der Waals surface area contributed by atoms with Crippen molar-refractivity contribution in [2.45, 2.75) is 40.2 Å². The topological polar surface area (TPSA) is 55.1 Å². The molecule has 1 amide bonds. The summed E-state index contributed by atoms with van der Waals surface area (Å²) in [7, 11) is 0. The van der Waals surface area contributed by atoms with E-state index in [1.165, 1.54) is 0 Å². The fourth-order valence-electron chi connectivity index (χ4n) is 0.898. The molecule has 0 radical (unpaired) electrons. The second kappa shape index (κ2) is 5.97. The lowest BCUT2D eigenvalue weighted by Gasteiger charge is -2.21. The van der Waals surface area contributed by atoms with Gasteiger partial charge in [0.1, 0.15) is 0 Å². The Balaban J connectivity index is 3.91. The molecule has 0 aliphatic carbocycles. The lowest BCUT2D eigenvalue weighted by atomic mass is 10.0. The Bertz CT molecular complexity index is 159. The van der Waals surface area contributed by atoms with Gasteiger partial charge in [-0.25, -0.2) is 0 Å². The molecule has 0 spiro atoms. The van der Waals surface area contributed by atoms with Crippen LogP contribution >= 0.6 is 0 Å². The number of hydrogen-bond donors (Lipinski definition) is 2. The minimum atomic E-state index is 0.104. The third-order valence-corrected chi connectivity index (χ3v) is 2.66. The zero-order valence-electron chi connectivity index (χ0n) is 9.13. The molecule has 3 N–H and O–H groups in total. The summed E-state index contributed by atoms with van der Waals surface area (Å²) < 4.78 is 0. The molecule has 0 aromatic carbocycles. The summed E-state index contributed by atoms with van der Waals surface area (Å²) in [6.07, 6.45) is 0.884. The molecule has 0 aliphatic heterocycles. The van der Waals surface area contributed by atoms with Gasteiger partial charge in [0, 0.05) is 12.0 Å². The number of nitrogens with two attached hydrogens (primary N) is 1. The summed E-state index contributed by atoms with van der Waals surface area (Å²) in [5.74, 6) is 0.579. The highest BCUT2D eigenvalue weighted by molar-refractivity contribution is 5.78. The average Bonchev–Trinajstić information content (AvgIpc) is 2.14. The lowest BCUT2D eigenvalue weighted by Crippen LogP contribution is -2.41. The Morgan fingerprint density at radius 2 is 1.92 bits per heavy atom. The number of carbonyl (C=O) groups excluding carboxylic acids is 1. The van der Waals surface area contributed by atoms with Gasteiger partial charge < -0.3 is 11.1 Å². The van der Waals surface area contributed by atoms with Gasteiger partial charge in [0.25, 0.3) is 0 Å². The Morgan fingerprint density at radius 1 is 1.38 bits per heavy atom. The summed E-state index contributed by atoms with van der Waals surface area (Å²) in [4.78, 5) is 11.5. The molecule has 3 unspecified atom stereocenters. The fraction of sp³-hybridized carbons (Fsp3) is 0.900. The molecule has 0 saturated carbocycles. The zero-order valence-corrected chi connectivity index (χ0v) is 9.13. The van der Waals surface area contributed by atoms with Crippen LogP contribution in [0.3, 0.4) is 0 Å². The molecule has 0 rings (SSSR count). The Morgan fingerprint density at radius 3 is 2.31 bits per heavy atom. The van der Waals surface area contributed by atoms with Crippen LogP contribution in [0, 0.1) is 11.8 Å². The second-order valence-corrected chi connectivity index (χ2v) is 3.82. The first-order chi connectivity index (χ1) is 6.02. The molecule has 3 nitrogen and oxygen atoms in total. The van der Waals surface area contributed by atoms with Crippen LogP contribution in [0.25, 0.3) is 0 Å². The number of carbonyl (C=O) groups is 1. The molecule has 0 aromatic heterocycles. The number of amides is 1. The van der Waals surface area contributed by atoms with E-state index in [2.05, 4.69) is 5.32 Å². The average molecular weight is 186 g/mol. The van der Waals surface area contributed by atoms with E-state index in [0.717, 1.165) is 6.42 Å². The van der Waals surface area contributed by atoms with Crippen LogP contribution in [0.1, 0.15) is 34.1 Å². The predicted molar refractivity (Wildman–Crippen MR) is 55.3 cm³/mol. The third kappa shape index (κ3) is 4.27. The SMILES string of the molecule is CCC(C)C(=O)NC(C)C(C)CN. The van der Waals surface area contributed by atoms with Crippen LogP contribution in [0.15, 0.2) is 0 Å². The van der Waals surface area contributed by atoms with E-state index in [4.69, 9.17) is 5.73 Å². The lowest BCUT2D eigenvalue weighted by molar-refractivity contribution is -0.125. The smallest absolute Gasteiger partial charge is 0.223 e. The van der Waals surface area contributed by atoms with Crippen LogP contribution in [-0.2, 0) is 4.79 Å². The monoisotopic (exact) mass is 186 g/mol. The van der Waals surface area contributed by atoms with E-state index in [-0.39, 0.29) is 17.9 Å². The first kappa shape index (κ1) is 12.4. The highest BCUT2D eigenvalue weighted by Crippen LogP contribution is 2.04. The van der Waals surface area contributed by atoms with Crippen molar-refractivity contribution in [1.29, 1.82) is 0 Å². The maximum absolute atomic E-state index is 11.5. The summed E-state index contributed by atoms with van der Waals surface area (Å²) in [6, 6.07) is 0.173. The van der Waals surface area contributed by atoms with Gasteiger partial charge in [0.2, 0.25) is 5.91 Å².